The molecule has 6 aromatic rings. The molecule has 9 nitrogen and oxygen atoms in total. The molecule has 0 radical (unpaired) electrons. The van der Waals surface area contributed by atoms with Gasteiger partial charge in [0.05, 0.1) is 29.5 Å². The lowest BCUT2D eigenvalue weighted by molar-refractivity contribution is 0.514. The summed E-state index contributed by atoms with van der Waals surface area (Å²) in [4.78, 5) is 23.7. The summed E-state index contributed by atoms with van der Waals surface area (Å²) in [6, 6.07) is 11.1. The van der Waals surface area contributed by atoms with Crippen molar-refractivity contribution in [1.82, 2.24) is 35.1 Å². The average Bonchev–Trinajstić information content (AvgIpc) is 3.49. The lowest BCUT2D eigenvalue weighted by atomic mass is 10.0. The second-order valence-electron chi connectivity index (χ2n) is 9.44. The molecular weight excluding hydrogens is 469 g/mol. The Labute approximate surface area is 210 Å². The third kappa shape index (κ3) is 3.69. The minimum Gasteiger partial charge on any atom is -0.352 e. The number of nitrogens with zero attached hydrogens (tertiary/aromatic N) is 6. The summed E-state index contributed by atoms with van der Waals surface area (Å²) in [6.45, 7) is 3.42. The van der Waals surface area contributed by atoms with Gasteiger partial charge in [0.2, 0.25) is 0 Å². The van der Waals surface area contributed by atoms with E-state index < -0.39 is 0 Å². The third-order valence-electron chi connectivity index (χ3n) is 6.72. The Morgan fingerprint density at radius 2 is 1.89 bits per heavy atom. The summed E-state index contributed by atoms with van der Waals surface area (Å²) in [5, 5.41) is 9.23. The molecule has 1 fully saturated rings. The number of pyridine rings is 2. The van der Waals surface area contributed by atoms with Crippen molar-refractivity contribution in [3.05, 3.63) is 72.6 Å². The molecule has 0 bridgehead atoms. The molecule has 0 spiro atoms. The van der Waals surface area contributed by atoms with E-state index in [2.05, 4.69) is 35.0 Å². The molecule has 4 N–H and O–H groups in total. The van der Waals surface area contributed by atoms with Crippen LogP contribution >= 0.6 is 0 Å². The van der Waals surface area contributed by atoms with Gasteiger partial charge in [-0.1, -0.05) is 6.07 Å². The van der Waals surface area contributed by atoms with Gasteiger partial charge in [-0.25, -0.2) is 19.3 Å². The number of H-pyrrole nitrogens is 2. The van der Waals surface area contributed by atoms with Crippen LogP contribution in [0, 0.1) is 12.7 Å². The van der Waals surface area contributed by atoms with Crippen LogP contribution in [0.15, 0.2) is 61.2 Å². The summed E-state index contributed by atoms with van der Waals surface area (Å²) >= 11 is 0. The maximum absolute atomic E-state index is 14.1. The fourth-order valence-corrected chi connectivity index (χ4v) is 4.90. The van der Waals surface area contributed by atoms with Gasteiger partial charge in [-0.15, -0.1) is 0 Å². The zero-order valence-electron chi connectivity index (χ0n) is 19.9. The van der Waals surface area contributed by atoms with Crippen LogP contribution in [0.5, 0.6) is 0 Å². The predicted octanol–water partition coefficient (Wildman–Crippen LogP) is 4.22. The van der Waals surface area contributed by atoms with Crippen LogP contribution in [0.1, 0.15) is 5.56 Å². The second kappa shape index (κ2) is 8.17. The summed E-state index contributed by atoms with van der Waals surface area (Å²) in [6.07, 6.45) is 6.95. The maximum Gasteiger partial charge on any atom is 0.181 e. The summed E-state index contributed by atoms with van der Waals surface area (Å²) in [7, 11) is 0. The molecule has 7 rings (SSSR count). The van der Waals surface area contributed by atoms with E-state index in [9.17, 15) is 4.39 Å². The van der Waals surface area contributed by atoms with E-state index >= 15 is 0 Å². The highest BCUT2D eigenvalue weighted by Gasteiger charge is 2.25. The van der Waals surface area contributed by atoms with Crippen molar-refractivity contribution >= 4 is 27.9 Å². The van der Waals surface area contributed by atoms with E-state index in [-0.39, 0.29) is 11.9 Å². The monoisotopic (exact) mass is 491 g/mol. The van der Waals surface area contributed by atoms with Gasteiger partial charge < -0.3 is 15.6 Å². The summed E-state index contributed by atoms with van der Waals surface area (Å²) < 4.78 is 14.1. The van der Waals surface area contributed by atoms with Gasteiger partial charge in [0.1, 0.15) is 17.3 Å². The van der Waals surface area contributed by atoms with Crippen LogP contribution in [0.25, 0.3) is 55.8 Å². The van der Waals surface area contributed by atoms with Crippen LogP contribution in [-0.2, 0) is 0 Å². The molecule has 1 saturated heterocycles. The molecule has 0 saturated carbocycles. The molecule has 1 aliphatic heterocycles. The normalized spacial score (nSPS) is 14.0. The highest BCUT2D eigenvalue weighted by atomic mass is 19.1. The Morgan fingerprint density at radius 1 is 1.00 bits per heavy atom. The Balaban J connectivity index is 1.31. The largest absolute Gasteiger partial charge is 0.352 e. The van der Waals surface area contributed by atoms with Crippen LogP contribution in [0.3, 0.4) is 0 Å². The number of nitrogens with one attached hydrogen (secondary N) is 2. The van der Waals surface area contributed by atoms with E-state index in [0.717, 1.165) is 69.0 Å². The number of benzene rings is 1. The number of aromatic amines is 2. The van der Waals surface area contributed by atoms with Crippen LogP contribution in [0.2, 0.25) is 0 Å². The van der Waals surface area contributed by atoms with Crippen molar-refractivity contribution in [3.63, 3.8) is 0 Å². The molecule has 1 aliphatic rings. The topological polar surface area (TPSA) is 125 Å². The number of aryl methyl sites for hydroxylation is 1. The highest BCUT2D eigenvalue weighted by Crippen LogP contribution is 2.34. The zero-order valence-corrected chi connectivity index (χ0v) is 19.9. The zero-order chi connectivity index (χ0) is 25.1. The van der Waals surface area contributed by atoms with Crippen molar-refractivity contribution in [3.8, 4) is 33.8 Å². The third-order valence-corrected chi connectivity index (χ3v) is 6.72. The van der Waals surface area contributed by atoms with E-state index in [1.54, 1.807) is 30.9 Å². The molecule has 0 atom stereocenters. The first-order chi connectivity index (χ1) is 18.0. The number of halogens is 1. The fraction of sp³-hybridized carbons (Fsp3) is 0.148. The molecule has 0 unspecified atom stereocenters. The van der Waals surface area contributed by atoms with Gasteiger partial charge in [0.15, 0.2) is 5.65 Å². The molecule has 10 heteroatoms. The Hall–Kier alpha value is -4.70. The minimum atomic E-state index is -0.266. The van der Waals surface area contributed by atoms with Gasteiger partial charge in [0.25, 0.3) is 0 Å². The van der Waals surface area contributed by atoms with Gasteiger partial charge in [0, 0.05) is 47.9 Å². The molecule has 182 valence electrons. The fourth-order valence-electron chi connectivity index (χ4n) is 4.90. The number of nitrogens with two attached hydrogens (primary N) is 1. The van der Waals surface area contributed by atoms with Crippen LogP contribution in [0.4, 0.5) is 10.2 Å². The van der Waals surface area contributed by atoms with Gasteiger partial charge in [-0.2, -0.15) is 5.10 Å². The number of fused-ring (bicyclic) bond motifs is 2. The standard InChI is InChI=1S/C27H22FN9/c1-14-4-15(6-17(28)5-14)19-2-3-31-26-20(19)8-22(34-26)25-21-7-16(9-32-27(21)36-35-25)23-10-30-11-24(33-23)37-12-18(29)13-37/h2-11,18H,12-13,29H2,1H3,(H,31,34)(H,32,35,36). The molecule has 6 heterocycles. The molecule has 5 aromatic heterocycles. The number of hydrogen-bond acceptors (Lipinski definition) is 7. The maximum atomic E-state index is 14.1. The average molecular weight is 492 g/mol. The Morgan fingerprint density at radius 3 is 2.73 bits per heavy atom. The lowest BCUT2D eigenvalue weighted by Crippen LogP contribution is -2.56. The predicted molar refractivity (Wildman–Crippen MR) is 140 cm³/mol. The van der Waals surface area contributed by atoms with Gasteiger partial charge >= 0.3 is 0 Å². The van der Waals surface area contributed by atoms with Crippen molar-refractivity contribution in [1.29, 1.82) is 0 Å². The van der Waals surface area contributed by atoms with Crippen molar-refractivity contribution < 1.29 is 4.39 Å². The Kier molecular flexibility index (Phi) is 4.76. The Bertz CT molecular complexity index is 1780. The van der Waals surface area contributed by atoms with Crippen molar-refractivity contribution in [2.75, 3.05) is 18.0 Å². The van der Waals surface area contributed by atoms with Crippen molar-refractivity contribution in [2.45, 2.75) is 13.0 Å². The molecule has 0 amide bonds. The second-order valence-corrected chi connectivity index (χ2v) is 9.44. The first kappa shape index (κ1) is 21.6. The molecule has 0 aliphatic carbocycles. The van der Waals surface area contributed by atoms with E-state index in [1.165, 1.54) is 6.07 Å². The summed E-state index contributed by atoms with van der Waals surface area (Å²) in [5.74, 6) is 0.534. The van der Waals surface area contributed by atoms with Crippen LogP contribution in [-0.4, -0.2) is 54.2 Å². The van der Waals surface area contributed by atoms with Crippen LogP contribution < -0.4 is 10.6 Å². The minimum absolute atomic E-state index is 0.174. The SMILES string of the molecule is Cc1cc(F)cc(-c2ccnc3[nH]c(-c4[nH]nc5ncc(-c6cncc(N7CC(N)C7)n6)cc45)cc23)c1. The molecule has 37 heavy (non-hydrogen) atoms. The molecular formula is C27H22FN9. The van der Waals surface area contributed by atoms with E-state index in [4.69, 9.17) is 10.7 Å². The first-order valence-corrected chi connectivity index (χ1v) is 11.9. The number of aromatic nitrogens is 7. The van der Waals surface area contributed by atoms with Gasteiger partial charge in [-0.3, -0.25) is 10.1 Å². The highest BCUT2D eigenvalue weighted by molar-refractivity contribution is 5.99. The quantitative estimate of drug-likeness (QED) is 0.337. The first-order valence-electron chi connectivity index (χ1n) is 11.9. The number of hydrogen-bond donors (Lipinski definition) is 3. The van der Waals surface area contributed by atoms with Crippen molar-refractivity contribution in [2.24, 2.45) is 5.73 Å². The number of rotatable bonds is 4. The smallest absolute Gasteiger partial charge is 0.181 e. The number of anilines is 1. The van der Waals surface area contributed by atoms with E-state index in [1.807, 2.05) is 31.2 Å². The molecule has 1 aromatic carbocycles. The van der Waals surface area contributed by atoms with Gasteiger partial charge in [-0.05, 0) is 53.9 Å². The lowest BCUT2D eigenvalue weighted by Gasteiger charge is -2.37. The summed E-state index contributed by atoms with van der Waals surface area (Å²) in [5.41, 5.74) is 12.9. The van der Waals surface area contributed by atoms with E-state index in [0.29, 0.717) is 11.3 Å².